The molecule has 2 N–H and O–H groups in total. The lowest BCUT2D eigenvalue weighted by Gasteiger charge is -2.34. The summed E-state index contributed by atoms with van der Waals surface area (Å²) in [5, 5.41) is 20.6. The number of aliphatic hydroxyl groups is 1. The lowest BCUT2D eigenvalue weighted by Crippen LogP contribution is -2.41. The summed E-state index contributed by atoms with van der Waals surface area (Å²) in [6, 6.07) is 5.05. The van der Waals surface area contributed by atoms with E-state index in [-0.39, 0.29) is 47.9 Å². The molecule has 0 bridgehead atoms. The maximum absolute atomic E-state index is 15.3. The molecule has 11 nitrogen and oxygen atoms in total. The number of hydrogen-bond donors (Lipinski definition) is 2. The fourth-order valence-electron chi connectivity index (χ4n) is 5.79. The third kappa shape index (κ3) is 5.71. The van der Waals surface area contributed by atoms with Crippen molar-refractivity contribution in [3.63, 3.8) is 0 Å². The molecule has 6 rings (SSSR count). The molecule has 1 spiro atoms. The molecule has 1 amide bonds. The predicted octanol–water partition coefficient (Wildman–Crippen LogP) is 2.90. The van der Waals surface area contributed by atoms with E-state index in [2.05, 4.69) is 20.6 Å². The van der Waals surface area contributed by atoms with E-state index >= 15 is 4.39 Å². The van der Waals surface area contributed by atoms with Gasteiger partial charge in [-0.25, -0.2) is 22.8 Å². The van der Waals surface area contributed by atoms with Gasteiger partial charge in [-0.2, -0.15) is 0 Å². The summed E-state index contributed by atoms with van der Waals surface area (Å²) >= 11 is 0. The average Bonchev–Trinajstić information content (AvgIpc) is 3.39. The third-order valence-electron chi connectivity index (χ3n) is 7.97. The van der Waals surface area contributed by atoms with Crippen LogP contribution in [0.25, 0.3) is 5.69 Å². The molecule has 4 heterocycles. The van der Waals surface area contributed by atoms with Crippen molar-refractivity contribution in [2.75, 3.05) is 20.2 Å². The molecule has 3 aromatic heterocycles. The van der Waals surface area contributed by atoms with Crippen LogP contribution in [-0.4, -0.2) is 72.1 Å². The molecule has 0 atom stereocenters. The number of imidazole rings is 1. The van der Waals surface area contributed by atoms with Crippen molar-refractivity contribution < 1.29 is 27.8 Å². The second-order valence-electron chi connectivity index (χ2n) is 11.1. The Morgan fingerprint density at radius 2 is 2.07 bits per heavy atom. The summed E-state index contributed by atoms with van der Waals surface area (Å²) in [6.45, 7) is 2.11. The topological polar surface area (TPSA) is 123 Å². The number of aryl methyl sites for hydroxylation is 1. The van der Waals surface area contributed by atoms with Crippen LogP contribution in [-0.2, 0) is 31.7 Å². The van der Waals surface area contributed by atoms with E-state index in [9.17, 15) is 18.7 Å². The second kappa shape index (κ2) is 11.4. The van der Waals surface area contributed by atoms with Gasteiger partial charge in [-0.1, -0.05) is 5.21 Å². The number of fused-ring (bicyclic) bond motifs is 2. The average molecular weight is 597 g/mol. The highest BCUT2D eigenvalue weighted by molar-refractivity contribution is 5.92. The molecule has 4 aromatic rings. The van der Waals surface area contributed by atoms with E-state index in [4.69, 9.17) is 9.72 Å². The zero-order valence-electron chi connectivity index (χ0n) is 23.7. The van der Waals surface area contributed by atoms with Crippen LogP contribution in [0.2, 0.25) is 0 Å². The molecule has 1 aromatic carbocycles. The minimum atomic E-state index is -2.41. The summed E-state index contributed by atoms with van der Waals surface area (Å²) in [5.74, 6) is -0.944. The predicted molar refractivity (Wildman–Crippen MR) is 147 cm³/mol. The number of ether oxygens (including phenoxy) is 1. The first-order chi connectivity index (χ1) is 20.7. The van der Waals surface area contributed by atoms with Crippen molar-refractivity contribution >= 4 is 5.91 Å². The van der Waals surface area contributed by atoms with Crippen LogP contribution in [0, 0.1) is 12.7 Å². The van der Waals surface area contributed by atoms with E-state index in [0.717, 1.165) is 29.7 Å². The first kappa shape index (κ1) is 28.8. The number of carbonyl (C=O) groups is 1. The van der Waals surface area contributed by atoms with Crippen molar-refractivity contribution in [2.45, 2.75) is 57.8 Å². The van der Waals surface area contributed by atoms with Gasteiger partial charge in [-0.05, 0) is 49.1 Å². The SMILES string of the molecule is COc1ccc(-n2cc(C)nn2)c(CNC(=O)c2cn(Cc3cnc4c(c3)CN(CC(F)F)CC43CC3)c(CO)n2)c1F. The molecule has 1 aliphatic heterocycles. The number of halogens is 3. The fourth-order valence-corrected chi connectivity index (χ4v) is 5.79. The van der Waals surface area contributed by atoms with Crippen LogP contribution >= 0.6 is 0 Å². The Morgan fingerprint density at radius 1 is 1.26 bits per heavy atom. The standard InChI is InChI=1S/C29H31F3N8O3/c1-17-10-40(37-36-17)22-3-4-23(43-2)26(32)20(22)9-34-28(42)21-13-39(25(15-41)35-21)11-18-7-19-12-38(14-24(30)31)16-29(5-6-29)27(19)33-8-18/h3-4,7-8,10,13,24,41H,5-6,9,11-12,14-16H2,1-2H3,(H,34,42). The maximum Gasteiger partial charge on any atom is 0.271 e. The van der Waals surface area contributed by atoms with Gasteiger partial charge in [0.2, 0.25) is 0 Å². The van der Waals surface area contributed by atoms with Gasteiger partial charge in [-0.15, -0.1) is 5.10 Å². The molecule has 0 unspecified atom stereocenters. The van der Waals surface area contributed by atoms with Crippen molar-refractivity contribution in [1.29, 1.82) is 0 Å². The lowest BCUT2D eigenvalue weighted by molar-refractivity contribution is 0.0742. The van der Waals surface area contributed by atoms with Crippen molar-refractivity contribution in [3.8, 4) is 11.4 Å². The number of alkyl halides is 2. The van der Waals surface area contributed by atoms with Crippen LogP contribution < -0.4 is 10.1 Å². The lowest BCUT2D eigenvalue weighted by atomic mass is 9.91. The van der Waals surface area contributed by atoms with Gasteiger partial charge >= 0.3 is 0 Å². The normalized spacial score (nSPS) is 15.6. The van der Waals surface area contributed by atoms with E-state index in [1.54, 1.807) is 34.9 Å². The van der Waals surface area contributed by atoms with Gasteiger partial charge in [0, 0.05) is 43.0 Å². The molecule has 1 saturated carbocycles. The molecule has 1 fully saturated rings. The Kier molecular flexibility index (Phi) is 7.65. The van der Waals surface area contributed by atoms with Crippen LogP contribution in [0.15, 0.2) is 36.8 Å². The number of benzene rings is 1. The number of carbonyl (C=O) groups excluding carboxylic acids is 1. The van der Waals surface area contributed by atoms with Gasteiger partial charge in [0.25, 0.3) is 12.3 Å². The van der Waals surface area contributed by atoms with Crippen LogP contribution in [0.4, 0.5) is 13.2 Å². The number of rotatable bonds is 10. The van der Waals surface area contributed by atoms with E-state index in [1.807, 2.05) is 6.07 Å². The van der Waals surface area contributed by atoms with Gasteiger partial charge in [0.1, 0.15) is 18.1 Å². The molecular formula is C29H31F3N8O3. The minimum absolute atomic E-state index is 0.0141. The van der Waals surface area contributed by atoms with Crippen LogP contribution in [0.1, 0.15) is 57.2 Å². The highest BCUT2D eigenvalue weighted by Crippen LogP contribution is 2.51. The molecular weight excluding hydrogens is 565 g/mol. The largest absolute Gasteiger partial charge is 0.494 e. The quantitative estimate of drug-likeness (QED) is 0.287. The molecule has 226 valence electrons. The van der Waals surface area contributed by atoms with E-state index < -0.39 is 24.8 Å². The monoisotopic (exact) mass is 596 g/mol. The third-order valence-corrected chi connectivity index (χ3v) is 7.97. The van der Waals surface area contributed by atoms with E-state index in [0.29, 0.717) is 24.5 Å². The fraction of sp³-hybridized carbons (Fsp3) is 0.414. The number of hydrogen-bond acceptors (Lipinski definition) is 8. The number of nitrogens with one attached hydrogen (secondary N) is 1. The smallest absolute Gasteiger partial charge is 0.271 e. The Morgan fingerprint density at radius 3 is 2.74 bits per heavy atom. The van der Waals surface area contributed by atoms with Gasteiger partial charge in [-0.3, -0.25) is 14.7 Å². The number of pyridine rings is 1. The zero-order chi connectivity index (χ0) is 30.3. The zero-order valence-corrected chi connectivity index (χ0v) is 23.7. The van der Waals surface area contributed by atoms with Crippen molar-refractivity contribution in [3.05, 3.63) is 82.2 Å². The Labute approximate surface area is 245 Å². The first-order valence-electron chi connectivity index (χ1n) is 13.9. The Hall–Kier alpha value is -4.30. The van der Waals surface area contributed by atoms with Gasteiger partial charge in [0.05, 0.1) is 43.5 Å². The summed E-state index contributed by atoms with van der Waals surface area (Å²) in [6.07, 6.45) is 4.35. The minimum Gasteiger partial charge on any atom is -0.494 e. The molecule has 43 heavy (non-hydrogen) atoms. The highest BCUT2D eigenvalue weighted by Gasteiger charge is 2.50. The number of aliphatic hydroxyl groups excluding tert-OH is 1. The van der Waals surface area contributed by atoms with Crippen LogP contribution in [0.5, 0.6) is 5.75 Å². The second-order valence-corrected chi connectivity index (χ2v) is 11.1. The molecule has 1 aliphatic carbocycles. The van der Waals surface area contributed by atoms with Crippen LogP contribution in [0.3, 0.4) is 0 Å². The summed E-state index contributed by atoms with van der Waals surface area (Å²) in [4.78, 5) is 23.9. The molecule has 0 radical (unpaired) electrons. The maximum atomic E-state index is 15.3. The molecule has 14 heteroatoms. The Balaban J connectivity index is 1.20. The molecule has 2 aliphatic rings. The van der Waals surface area contributed by atoms with Gasteiger partial charge < -0.3 is 19.7 Å². The first-order valence-corrected chi connectivity index (χ1v) is 13.9. The summed E-state index contributed by atoms with van der Waals surface area (Å²) in [5.41, 5.74) is 3.75. The number of aromatic nitrogens is 6. The number of amides is 1. The number of nitrogens with zero attached hydrogens (tertiary/aromatic N) is 7. The van der Waals surface area contributed by atoms with Crippen molar-refractivity contribution in [1.82, 2.24) is 39.7 Å². The van der Waals surface area contributed by atoms with E-state index in [1.165, 1.54) is 24.1 Å². The van der Waals surface area contributed by atoms with Crippen molar-refractivity contribution in [2.24, 2.45) is 0 Å². The summed E-state index contributed by atoms with van der Waals surface area (Å²) in [7, 11) is 1.35. The van der Waals surface area contributed by atoms with Gasteiger partial charge in [0.15, 0.2) is 11.6 Å². The summed E-state index contributed by atoms with van der Waals surface area (Å²) < 4.78 is 49.7. The molecule has 0 saturated heterocycles. The highest BCUT2D eigenvalue weighted by atomic mass is 19.3. The number of methoxy groups -OCH3 is 1. The Bertz CT molecular complexity index is 1670.